The SMILES string of the molecule is CC1C2=C3C4CCC(C4C)C3C1C1CCCC21. The van der Waals surface area contributed by atoms with Crippen LogP contribution in [-0.2, 0) is 0 Å². The first-order chi connectivity index (χ1) is 8.29. The lowest BCUT2D eigenvalue weighted by molar-refractivity contribution is 0.179. The van der Waals surface area contributed by atoms with Gasteiger partial charge in [0.2, 0.25) is 0 Å². The monoisotopic (exact) mass is 228 g/mol. The van der Waals surface area contributed by atoms with Gasteiger partial charge in [-0.05, 0) is 73.0 Å². The van der Waals surface area contributed by atoms with Crippen molar-refractivity contribution >= 4 is 0 Å². The molecule has 92 valence electrons. The molecule has 0 heterocycles. The largest absolute Gasteiger partial charge is 0.0639 e. The average Bonchev–Trinajstić information content (AvgIpc) is 3.04. The zero-order valence-corrected chi connectivity index (χ0v) is 11.2. The van der Waals surface area contributed by atoms with Crippen molar-refractivity contribution in [3.05, 3.63) is 11.1 Å². The van der Waals surface area contributed by atoms with E-state index >= 15 is 0 Å². The summed E-state index contributed by atoms with van der Waals surface area (Å²) in [6, 6.07) is 0. The van der Waals surface area contributed by atoms with Gasteiger partial charge in [0, 0.05) is 0 Å². The number of hydrogen-bond donors (Lipinski definition) is 0. The Labute approximate surface area is 105 Å². The van der Waals surface area contributed by atoms with Crippen molar-refractivity contribution in [1.29, 1.82) is 0 Å². The summed E-state index contributed by atoms with van der Waals surface area (Å²) >= 11 is 0. The molecule has 8 atom stereocenters. The van der Waals surface area contributed by atoms with Crippen molar-refractivity contribution < 1.29 is 0 Å². The standard InChI is InChI=1S/C17H24/c1-8-10-6-7-11(8)17-15-9(2)14(16(10)17)12-4-3-5-13(12)15/h8-14,16H,3-7H2,1-2H3. The summed E-state index contributed by atoms with van der Waals surface area (Å²) in [6.45, 7) is 5.14. The van der Waals surface area contributed by atoms with Crippen LogP contribution in [0.5, 0.6) is 0 Å². The molecule has 5 aliphatic carbocycles. The van der Waals surface area contributed by atoms with E-state index in [2.05, 4.69) is 19.4 Å². The van der Waals surface area contributed by atoms with Gasteiger partial charge < -0.3 is 0 Å². The maximum Gasteiger partial charge on any atom is -0.0130 e. The van der Waals surface area contributed by atoms with Crippen LogP contribution in [0.2, 0.25) is 0 Å². The molecule has 0 N–H and O–H groups in total. The lowest BCUT2D eigenvalue weighted by Gasteiger charge is -2.35. The molecule has 0 heteroatoms. The van der Waals surface area contributed by atoms with Gasteiger partial charge in [0.1, 0.15) is 0 Å². The fourth-order valence-electron chi connectivity index (χ4n) is 7.32. The summed E-state index contributed by atoms with van der Waals surface area (Å²) in [4.78, 5) is 0. The summed E-state index contributed by atoms with van der Waals surface area (Å²) in [6.07, 6.45) is 7.75. The van der Waals surface area contributed by atoms with Crippen molar-refractivity contribution in [2.75, 3.05) is 0 Å². The maximum absolute atomic E-state index is 2.58. The summed E-state index contributed by atoms with van der Waals surface area (Å²) in [7, 11) is 0. The number of hydrogen-bond acceptors (Lipinski definition) is 0. The highest BCUT2D eigenvalue weighted by Crippen LogP contribution is 2.72. The third-order valence-corrected chi connectivity index (χ3v) is 7.62. The lowest BCUT2D eigenvalue weighted by Crippen LogP contribution is -2.29. The fraction of sp³-hybridized carbons (Fsp3) is 0.882. The highest BCUT2D eigenvalue weighted by atomic mass is 14.7. The summed E-state index contributed by atoms with van der Waals surface area (Å²) in [5, 5.41) is 0. The maximum atomic E-state index is 2.58. The Hall–Kier alpha value is -0.260. The van der Waals surface area contributed by atoms with Gasteiger partial charge in [0.15, 0.2) is 0 Å². The van der Waals surface area contributed by atoms with E-state index in [1.807, 2.05) is 5.57 Å². The van der Waals surface area contributed by atoms with Crippen molar-refractivity contribution in [3.63, 3.8) is 0 Å². The normalized spacial score (nSPS) is 62.5. The van der Waals surface area contributed by atoms with Gasteiger partial charge in [-0.2, -0.15) is 0 Å². The van der Waals surface area contributed by atoms with Crippen LogP contribution in [0.15, 0.2) is 11.1 Å². The first kappa shape index (κ1) is 9.64. The number of fused-ring (bicyclic) bond motifs is 11. The van der Waals surface area contributed by atoms with Crippen LogP contribution in [0.25, 0.3) is 0 Å². The van der Waals surface area contributed by atoms with Crippen LogP contribution in [-0.4, -0.2) is 0 Å². The predicted molar refractivity (Wildman–Crippen MR) is 69.4 cm³/mol. The number of allylic oxidation sites excluding steroid dienone is 2. The Morgan fingerprint density at radius 1 is 0.824 bits per heavy atom. The molecule has 5 rings (SSSR count). The Bertz CT molecular complexity index is 412. The van der Waals surface area contributed by atoms with E-state index in [0.29, 0.717) is 0 Å². The first-order valence-corrected chi connectivity index (χ1v) is 8.03. The molecule has 0 aromatic rings. The molecule has 0 aliphatic heterocycles. The van der Waals surface area contributed by atoms with Crippen LogP contribution in [0.3, 0.4) is 0 Å². The molecule has 4 fully saturated rings. The lowest BCUT2D eigenvalue weighted by atomic mass is 9.69. The van der Waals surface area contributed by atoms with E-state index in [1.165, 1.54) is 12.8 Å². The summed E-state index contributed by atoms with van der Waals surface area (Å²) < 4.78 is 0. The average molecular weight is 228 g/mol. The molecule has 5 aliphatic rings. The van der Waals surface area contributed by atoms with E-state index in [4.69, 9.17) is 0 Å². The highest BCUT2D eigenvalue weighted by Gasteiger charge is 2.64. The second kappa shape index (κ2) is 2.83. The quantitative estimate of drug-likeness (QED) is 0.543. The molecule has 0 nitrogen and oxygen atoms in total. The van der Waals surface area contributed by atoms with Crippen molar-refractivity contribution in [2.45, 2.75) is 46.0 Å². The molecule has 0 aromatic heterocycles. The van der Waals surface area contributed by atoms with Gasteiger partial charge in [0.05, 0.1) is 0 Å². The van der Waals surface area contributed by atoms with Crippen molar-refractivity contribution in [3.8, 4) is 0 Å². The van der Waals surface area contributed by atoms with Gasteiger partial charge >= 0.3 is 0 Å². The van der Waals surface area contributed by atoms with E-state index in [9.17, 15) is 0 Å². The Morgan fingerprint density at radius 3 is 2.59 bits per heavy atom. The minimum absolute atomic E-state index is 0.987. The smallest absolute Gasteiger partial charge is 0.0130 e. The molecule has 0 spiro atoms. The van der Waals surface area contributed by atoms with Gasteiger partial charge in [-0.25, -0.2) is 0 Å². The molecular weight excluding hydrogens is 204 g/mol. The van der Waals surface area contributed by atoms with Crippen molar-refractivity contribution in [2.24, 2.45) is 47.3 Å². The summed E-state index contributed by atoms with van der Waals surface area (Å²) in [5.74, 6) is 8.53. The molecule has 4 bridgehead atoms. The van der Waals surface area contributed by atoms with E-state index in [0.717, 1.165) is 47.3 Å². The Morgan fingerprint density at radius 2 is 1.71 bits per heavy atom. The minimum atomic E-state index is 0.987. The molecule has 0 radical (unpaired) electrons. The molecule has 17 heavy (non-hydrogen) atoms. The molecular formula is C17H24. The Balaban J connectivity index is 1.71. The zero-order chi connectivity index (χ0) is 11.3. The molecule has 0 saturated heterocycles. The van der Waals surface area contributed by atoms with Gasteiger partial charge in [-0.1, -0.05) is 31.4 Å². The Kier molecular flexibility index (Phi) is 1.61. The zero-order valence-electron chi connectivity index (χ0n) is 11.2. The van der Waals surface area contributed by atoms with Crippen LogP contribution in [0.4, 0.5) is 0 Å². The summed E-state index contributed by atoms with van der Waals surface area (Å²) in [5.41, 5.74) is 4.08. The van der Waals surface area contributed by atoms with E-state index in [-0.39, 0.29) is 0 Å². The van der Waals surface area contributed by atoms with Crippen LogP contribution >= 0.6 is 0 Å². The first-order valence-electron chi connectivity index (χ1n) is 8.03. The molecule has 4 saturated carbocycles. The van der Waals surface area contributed by atoms with Crippen molar-refractivity contribution in [1.82, 2.24) is 0 Å². The predicted octanol–water partition coefficient (Wildman–Crippen LogP) is 4.27. The number of rotatable bonds is 0. The van der Waals surface area contributed by atoms with Crippen LogP contribution < -0.4 is 0 Å². The van der Waals surface area contributed by atoms with Crippen LogP contribution in [0, 0.1) is 47.3 Å². The van der Waals surface area contributed by atoms with Gasteiger partial charge in [-0.15, -0.1) is 0 Å². The van der Waals surface area contributed by atoms with Crippen LogP contribution in [0.1, 0.15) is 46.0 Å². The molecule has 8 unspecified atom stereocenters. The third kappa shape index (κ3) is 0.861. The fourth-order valence-corrected chi connectivity index (χ4v) is 7.32. The minimum Gasteiger partial charge on any atom is -0.0639 e. The highest BCUT2D eigenvalue weighted by molar-refractivity contribution is 5.43. The second-order valence-electron chi connectivity index (χ2n) is 7.71. The van der Waals surface area contributed by atoms with Gasteiger partial charge in [-0.3, -0.25) is 0 Å². The molecule has 0 amide bonds. The topological polar surface area (TPSA) is 0 Å². The third-order valence-electron chi connectivity index (χ3n) is 7.62. The van der Waals surface area contributed by atoms with E-state index in [1.54, 1.807) is 19.3 Å². The van der Waals surface area contributed by atoms with Gasteiger partial charge in [0.25, 0.3) is 0 Å². The molecule has 0 aromatic carbocycles. The second-order valence-corrected chi connectivity index (χ2v) is 7.71. The van der Waals surface area contributed by atoms with E-state index < -0.39 is 0 Å².